The summed E-state index contributed by atoms with van der Waals surface area (Å²) in [7, 11) is 0. The largest absolute Gasteiger partial charge is 0.409 e. The monoisotopic (exact) mass is 447 g/mol. The minimum atomic E-state index is 0.278. The molecule has 0 fully saturated rings. The van der Waals surface area contributed by atoms with E-state index in [4.69, 9.17) is 9.84 Å². The summed E-state index contributed by atoms with van der Waals surface area (Å²) in [5.74, 6) is 0.278. The van der Waals surface area contributed by atoms with Crippen molar-refractivity contribution in [2.45, 2.75) is 0 Å². The molecule has 2 heterocycles. The van der Waals surface area contributed by atoms with E-state index in [1.807, 2.05) is 30.3 Å². The molecule has 0 unspecified atom stereocenters. The molecule has 4 rings (SSSR count). The highest BCUT2D eigenvalue weighted by Gasteiger charge is 2.16. The second-order valence-corrected chi connectivity index (χ2v) is 7.05. The van der Waals surface area contributed by atoms with Gasteiger partial charge in [0.15, 0.2) is 0 Å². The lowest BCUT2D eigenvalue weighted by Gasteiger charge is -1.98. The lowest BCUT2D eigenvalue weighted by Crippen LogP contribution is -1.97. The predicted molar refractivity (Wildman–Crippen MR) is 102 cm³/mol. The second kappa shape index (κ2) is 6.33. The number of fused-ring (bicyclic) bond motifs is 1. The number of rotatable bonds is 4. The van der Waals surface area contributed by atoms with Gasteiger partial charge in [-0.3, -0.25) is 4.79 Å². The van der Waals surface area contributed by atoms with Crippen LogP contribution >= 0.6 is 33.9 Å². The molecule has 7 heteroatoms. The van der Waals surface area contributed by atoms with Gasteiger partial charge in [-0.2, -0.15) is 10.1 Å². The zero-order valence-corrected chi connectivity index (χ0v) is 15.2. The molecule has 0 aliphatic heterocycles. The number of benzene rings is 2. The molecule has 0 radical (unpaired) electrons. The van der Waals surface area contributed by atoms with Gasteiger partial charge in [0.25, 0.3) is 6.47 Å². The molecule has 5 nitrogen and oxygen atoms in total. The second-order valence-electron chi connectivity index (χ2n) is 4.97. The number of hydrogen-bond donors (Lipinski definition) is 0. The molecule has 0 saturated carbocycles. The van der Waals surface area contributed by atoms with Crippen LogP contribution in [0.3, 0.4) is 0 Å². The minimum Gasteiger partial charge on any atom is -0.409 e. The van der Waals surface area contributed by atoms with E-state index < -0.39 is 0 Å². The Morgan fingerprint density at radius 3 is 2.79 bits per heavy atom. The van der Waals surface area contributed by atoms with Crippen molar-refractivity contribution in [3.05, 3.63) is 57.5 Å². The van der Waals surface area contributed by atoms with Crippen LogP contribution < -0.4 is 4.74 Å². The Morgan fingerprint density at radius 1 is 1.17 bits per heavy atom. The van der Waals surface area contributed by atoms with Crippen LogP contribution in [0.5, 0.6) is 5.88 Å². The quantitative estimate of drug-likeness (QED) is 0.346. The summed E-state index contributed by atoms with van der Waals surface area (Å²) in [6, 6.07) is 16.2. The van der Waals surface area contributed by atoms with E-state index in [2.05, 4.69) is 45.8 Å². The van der Waals surface area contributed by atoms with E-state index in [1.165, 1.54) is 11.3 Å². The van der Waals surface area contributed by atoms with Crippen LogP contribution in [-0.2, 0) is 4.79 Å². The Labute approximate surface area is 155 Å². The summed E-state index contributed by atoms with van der Waals surface area (Å²) in [5.41, 5.74) is 2.91. The van der Waals surface area contributed by atoms with E-state index in [-0.39, 0.29) is 5.88 Å². The number of halogens is 1. The van der Waals surface area contributed by atoms with Crippen molar-refractivity contribution in [1.82, 2.24) is 14.8 Å². The van der Waals surface area contributed by atoms with E-state index in [0.29, 0.717) is 11.6 Å². The lowest BCUT2D eigenvalue weighted by molar-refractivity contribution is -0.120. The number of thiazole rings is 1. The Bertz CT molecular complexity index is 1030. The smallest absolute Gasteiger partial charge is 0.299 e. The fourth-order valence-corrected chi connectivity index (χ4v) is 3.66. The van der Waals surface area contributed by atoms with Crippen molar-refractivity contribution < 1.29 is 9.53 Å². The van der Waals surface area contributed by atoms with Crippen LogP contribution in [0.15, 0.2) is 53.9 Å². The zero-order valence-electron chi connectivity index (χ0n) is 12.2. The molecule has 2 aromatic carbocycles. The van der Waals surface area contributed by atoms with Crippen molar-refractivity contribution in [1.29, 1.82) is 0 Å². The topological polar surface area (TPSA) is 57.0 Å². The summed E-state index contributed by atoms with van der Waals surface area (Å²) < 4.78 is 7.72. The SMILES string of the molecule is O=COc1csc(-n2nc(-c3ccccc3)c3ccc(I)cc32)n1. The molecule has 0 amide bonds. The first-order chi connectivity index (χ1) is 11.8. The molecular weight excluding hydrogens is 437 g/mol. The fourth-order valence-electron chi connectivity index (χ4n) is 2.49. The third-order valence-corrected chi connectivity index (χ3v) is 4.98. The van der Waals surface area contributed by atoms with Crippen LogP contribution in [0.2, 0.25) is 0 Å². The van der Waals surface area contributed by atoms with Gasteiger partial charge in [0, 0.05) is 14.5 Å². The molecule has 0 aliphatic rings. The van der Waals surface area contributed by atoms with E-state index in [1.54, 1.807) is 10.1 Å². The van der Waals surface area contributed by atoms with Crippen LogP contribution in [0.4, 0.5) is 0 Å². The maximum Gasteiger partial charge on any atom is 0.299 e. The standard InChI is InChI=1S/C17H10IN3O2S/c18-12-6-7-13-14(8-12)21(17-19-15(9-24-17)23-10-22)20-16(13)11-4-2-1-3-5-11/h1-10H. The Kier molecular flexibility index (Phi) is 4.03. The third-order valence-electron chi connectivity index (χ3n) is 3.51. The molecule has 0 atom stereocenters. The highest BCUT2D eigenvalue weighted by Crippen LogP contribution is 2.32. The minimum absolute atomic E-state index is 0.278. The van der Waals surface area contributed by atoms with E-state index in [9.17, 15) is 4.79 Å². The predicted octanol–water partition coefficient (Wildman–Crippen LogP) is 4.29. The van der Waals surface area contributed by atoms with Crippen molar-refractivity contribution in [3.8, 4) is 22.3 Å². The van der Waals surface area contributed by atoms with Crippen LogP contribution in [0.1, 0.15) is 0 Å². The summed E-state index contributed by atoms with van der Waals surface area (Å²) in [6.07, 6.45) is 0. The molecule has 24 heavy (non-hydrogen) atoms. The zero-order chi connectivity index (χ0) is 16.5. The number of aromatic nitrogens is 3. The summed E-state index contributed by atoms with van der Waals surface area (Å²) >= 11 is 3.65. The number of nitrogens with zero attached hydrogens (tertiary/aromatic N) is 3. The number of carbonyl (C=O) groups is 1. The van der Waals surface area contributed by atoms with Gasteiger partial charge in [-0.15, -0.1) is 0 Å². The van der Waals surface area contributed by atoms with Gasteiger partial charge in [-0.1, -0.05) is 41.7 Å². The first-order valence-electron chi connectivity index (χ1n) is 7.06. The van der Waals surface area contributed by atoms with Gasteiger partial charge in [-0.25, -0.2) is 4.68 Å². The Hall–Kier alpha value is -2.26. The number of carbonyl (C=O) groups excluding carboxylic acids is 1. The first kappa shape index (κ1) is 15.3. The molecule has 0 aliphatic carbocycles. The van der Waals surface area contributed by atoms with Crippen LogP contribution in [0.25, 0.3) is 27.3 Å². The molecule has 0 N–H and O–H groups in total. The average Bonchev–Trinajstić information content (AvgIpc) is 3.20. The summed E-state index contributed by atoms with van der Waals surface area (Å²) in [4.78, 5) is 14.8. The average molecular weight is 447 g/mol. The highest BCUT2D eigenvalue weighted by molar-refractivity contribution is 14.1. The molecule has 0 spiro atoms. The Morgan fingerprint density at radius 2 is 2.00 bits per heavy atom. The molecular formula is C17H10IN3O2S. The maximum atomic E-state index is 10.5. The van der Waals surface area contributed by atoms with Gasteiger partial charge in [0.05, 0.1) is 10.9 Å². The van der Waals surface area contributed by atoms with Gasteiger partial charge in [0.2, 0.25) is 11.0 Å². The van der Waals surface area contributed by atoms with Crippen molar-refractivity contribution in [3.63, 3.8) is 0 Å². The number of hydrogen-bond acceptors (Lipinski definition) is 5. The third kappa shape index (κ3) is 2.69. The highest BCUT2D eigenvalue weighted by atomic mass is 127. The van der Waals surface area contributed by atoms with Gasteiger partial charge < -0.3 is 4.74 Å². The first-order valence-corrected chi connectivity index (χ1v) is 9.02. The van der Waals surface area contributed by atoms with Crippen LogP contribution in [0, 0.1) is 3.57 Å². The van der Waals surface area contributed by atoms with Gasteiger partial charge >= 0.3 is 0 Å². The van der Waals surface area contributed by atoms with E-state index in [0.717, 1.165) is 25.7 Å². The van der Waals surface area contributed by atoms with E-state index >= 15 is 0 Å². The van der Waals surface area contributed by atoms with Gasteiger partial charge in [0.1, 0.15) is 5.69 Å². The van der Waals surface area contributed by atoms with Gasteiger partial charge in [-0.05, 0) is 40.8 Å². The lowest BCUT2D eigenvalue weighted by atomic mass is 10.1. The maximum absolute atomic E-state index is 10.5. The molecule has 0 bridgehead atoms. The summed E-state index contributed by atoms with van der Waals surface area (Å²) in [5, 5.41) is 8.15. The molecule has 4 aromatic rings. The van der Waals surface area contributed by atoms with Crippen molar-refractivity contribution >= 4 is 51.3 Å². The van der Waals surface area contributed by atoms with Crippen molar-refractivity contribution in [2.24, 2.45) is 0 Å². The van der Waals surface area contributed by atoms with Crippen LogP contribution in [-0.4, -0.2) is 21.2 Å². The van der Waals surface area contributed by atoms with Crippen molar-refractivity contribution in [2.75, 3.05) is 0 Å². The number of ether oxygens (including phenoxy) is 1. The fraction of sp³-hybridized carbons (Fsp3) is 0. The molecule has 2 aromatic heterocycles. The normalized spacial score (nSPS) is 10.9. The Balaban J connectivity index is 1.94. The summed E-state index contributed by atoms with van der Waals surface area (Å²) in [6.45, 7) is 0.373. The molecule has 0 saturated heterocycles. The molecule has 118 valence electrons.